The smallest absolute Gasteiger partial charge is 0.290 e. The van der Waals surface area contributed by atoms with E-state index in [1.807, 2.05) is 19.1 Å². The van der Waals surface area contributed by atoms with Crippen LogP contribution in [0.3, 0.4) is 0 Å². The summed E-state index contributed by atoms with van der Waals surface area (Å²) in [5, 5.41) is 6.89. The minimum Gasteiger partial charge on any atom is -0.483 e. The van der Waals surface area contributed by atoms with Gasteiger partial charge in [-0.3, -0.25) is 9.78 Å². The Morgan fingerprint density at radius 3 is 2.45 bits per heavy atom. The van der Waals surface area contributed by atoms with Gasteiger partial charge in [-0.2, -0.15) is 0 Å². The first-order valence-electron chi connectivity index (χ1n) is 2.86. The highest BCUT2D eigenvalue weighted by atomic mass is 79.9. The number of rotatable bonds is 0. The first-order valence-corrected chi connectivity index (χ1v) is 3.66. The van der Waals surface area contributed by atoms with Crippen molar-refractivity contribution in [2.45, 2.75) is 6.92 Å². The number of nitrogens with zero attached hydrogens (tertiary/aromatic N) is 1. The minimum atomic E-state index is -0.250. The Morgan fingerprint density at radius 1 is 1.64 bits per heavy atom. The average molecular weight is 218 g/mol. The zero-order valence-electron chi connectivity index (χ0n) is 5.99. The molecule has 60 valence electrons. The van der Waals surface area contributed by atoms with E-state index >= 15 is 0 Å². The van der Waals surface area contributed by atoms with Crippen molar-refractivity contribution < 1.29 is 9.90 Å². The Bertz CT molecular complexity index is 189. The zero-order valence-corrected chi connectivity index (χ0v) is 7.58. The maximum atomic E-state index is 8.36. The molecule has 4 heteroatoms. The maximum Gasteiger partial charge on any atom is 0.290 e. The molecule has 11 heavy (non-hydrogen) atoms. The third kappa shape index (κ3) is 5.54. The summed E-state index contributed by atoms with van der Waals surface area (Å²) in [6.07, 6.45) is 1.79. The van der Waals surface area contributed by atoms with Gasteiger partial charge in [-0.25, -0.2) is 0 Å². The van der Waals surface area contributed by atoms with Gasteiger partial charge >= 0.3 is 0 Å². The van der Waals surface area contributed by atoms with Crippen molar-refractivity contribution in [1.29, 1.82) is 0 Å². The van der Waals surface area contributed by atoms with Crippen LogP contribution < -0.4 is 0 Å². The van der Waals surface area contributed by atoms with Crippen molar-refractivity contribution >= 4 is 22.4 Å². The molecule has 0 saturated carbocycles. The Morgan fingerprint density at radius 2 is 2.18 bits per heavy atom. The van der Waals surface area contributed by atoms with Crippen LogP contribution in [-0.2, 0) is 4.79 Å². The second-order valence-corrected chi connectivity index (χ2v) is 2.64. The van der Waals surface area contributed by atoms with E-state index in [0.717, 1.165) is 10.2 Å². The van der Waals surface area contributed by atoms with Gasteiger partial charge in [-0.15, -0.1) is 0 Å². The minimum absolute atomic E-state index is 0.250. The number of hydrogen-bond acceptors (Lipinski definition) is 2. The van der Waals surface area contributed by atoms with Gasteiger partial charge < -0.3 is 5.11 Å². The fraction of sp³-hybridized carbons (Fsp3) is 0.143. The summed E-state index contributed by atoms with van der Waals surface area (Å²) in [4.78, 5) is 12.4. The van der Waals surface area contributed by atoms with Crippen LogP contribution in [0, 0.1) is 6.92 Å². The van der Waals surface area contributed by atoms with Gasteiger partial charge in [-0.05, 0) is 35.0 Å². The van der Waals surface area contributed by atoms with Gasteiger partial charge in [0.2, 0.25) is 0 Å². The van der Waals surface area contributed by atoms with Crippen molar-refractivity contribution in [3.05, 3.63) is 28.5 Å². The van der Waals surface area contributed by atoms with Crippen LogP contribution >= 0.6 is 15.9 Å². The average Bonchev–Trinajstić information content (AvgIpc) is 1.97. The SMILES string of the molecule is Cc1ccc(Br)cn1.O=CO. The maximum absolute atomic E-state index is 8.36. The molecule has 1 aromatic heterocycles. The van der Waals surface area contributed by atoms with E-state index in [2.05, 4.69) is 20.9 Å². The highest BCUT2D eigenvalue weighted by Crippen LogP contribution is 2.05. The number of aromatic nitrogens is 1. The predicted molar refractivity (Wildman–Crippen MR) is 45.4 cm³/mol. The fourth-order valence-electron chi connectivity index (χ4n) is 0.450. The molecule has 1 N–H and O–H groups in total. The Labute approximate surface area is 73.2 Å². The molecular formula is C7H8BrNO2. The van der Waals surface area contributed by atoms with E-state index in [1.54, 1.807) is 6.20 Å². The Balaban J connectivity index is 0.000000292. The summed E-state index contributed by atoms with van der Waals surface area (Å²) in [6, 6.07) is 3.94. The second-order valence-electron chi connectivity index (χ2n) is 1.72. The first-order chi connectivity index (χ1) is 5.20. The predicted octanol–water partition coefficient (Wildman–Crippen LogP) is 1.85. The van der Waals surface area contributed by atoms with Gasteiger partial charge in [-0.1, -0.05) is 0 Å². The van der Waals surface area contributed by atoms with Crippen LogP contribution in [0.2, 0.25) is 0 Å². The number of halogens is 1. The quantitative estimate of drug-likeness (QED) is 0.676. The third-order valence-corrected chi connectivity index (χ3v) is 1.34. The molecule has 1 rings (SSSR count). The van der Waals surface area contributed by atoms with Gasteiger partial charge in [0.15, 0.2) is 0 Å². The molecule has 0 aromatic carbocycles. The molecule has 0 aliphatic carbocycles. The molecule has 0 aliphatic heterocycles. The fourth-order valence-corrected chi connectivity index (χ4v) is 0.684. The van der Waals surface area contributed by atoms with Crippen molar-refractivity contribution in [3.8, 4) is 0 Å². The van der Waals surface area contributed by atoms with E-state index in [0.29, 0.717) is 0 Å². The molecule has 0 fully saturated rings. The van der Waals surface area contributed by atoms with Crippen molar-refractivity contribution in [2.24, 2.45) is 0 Å². The van der Waals surface area contributed by atoms with Crippen LogP contribution in [0.25, 0.3) is 0 Å². The van der Waals surface area contributed by atoms with Gasteiger partial charge in [0, 0.05) is 16.4 Å². The Hall–Kier alpha value is -0.900. The lowest BCUT2D eigenvalue weighted by molar-refractivity contribution is -0.122. The molecule has 0 unspecified atom stereocenters. The number of carbonyl (C=O) groups is 1. The first kappa shape index (κ1) is 10.1. The molecule has 3 nitrogen and oxygen atoms in total. The molecule has 0 spiro atoms. The third-order valence-electron chi connectivity index (χ3n) is 0.875. The van der Waals surface area contributed by atoms with E-state index in [1.165, 1.54) is 0 Å². The summed E-state index contributed by atoms with van der Waals surface area (Å²) in [7, 11) is 0. The lowest BCUT2D eigenvalue weighted by Crippen LogP contribution is -1.75. The van der Waals surface area contributed by atoms with Gasteiger partial charge in [0.1, 0.15) is 0 Å². The van der Waals surface area contributed by atoms with Crippen molar-refractivity contribution in [1.82, 2.24) is 4.98 Å². The van der Waals surface area contributed by atoms with E-state index in [-0.39, 0.29) is 6.47 Å². The molecule has 0 atom stereocenters. The lowest BCUT2D eigenvalue weighted by Gasteiger charge is -1.87. The molecule has 0 aliphatic rings. The Kier molecular flexibility index (Phi) is 5.37. The summed E-state index contributed by atoms with van der Waals surface area (Å²) >= 11 is 3.28. The highest BCUT2D eigenvalue weighted by Gasteiger charge is 1.82. The highest BCUT2D eigenvalue weighted by molar-refractivity contribution is 9.10. The normalized spacial score (nSPS) is 7.82. The summed E-state index contributed by atoms with van der Waals surface area (Å²) in [5.41, 5.74) is 1.05. The lowest BCUT2D eigenvalue weighted by atomic mass is 10.4. The molecule has 1 heterocycles. The molecule has 0 radical (unpaired) electrons. The molecule has 1 aromatic rings. The number of pyridine rings is 1. The summed E-state index contributed by atoms with van der Waals surface area (Å²) in [6.45, 7) is 1.71. The number of carboxylic acid groups (broad SMARTS) is 1. The molecule has 0 saturated heterocycles. The topological polar surface area (TPSA) is 50.2 Å². The molecule has 0 amide bonds. The van der Waals surface area contributed by atoms with Gasteiger partial charge in [0.25, 0.3) is 6.47 Å². The van der Waals surface area contributed by atoms with Crippen LogP contribution in [0.1, 0.15) is 5.69 Å². The van der Waals surface area contributed by atoms with Gasteiger partial charge in [0.05, 0.1) is 0 Å². The van der Waals surface area contributed by atoms with Crippen molar-refractivity contribution in [2.75, 3.05) is 0 Å². The van der Waals surface area contributed by atoms with E-state index in [4.69, 9.17) is 9.90 Å². The van der Waals surface area contributed by atoms with Crippen LogP contribution in [0.5, 0.6) is 0 Å². The molecular weight excluding hydrogens is 210 g/mol. The van der Waals surface area contributed by atoms with Crippen LogP contribution in [-0.4, -0.2) is 16.6 Å². The van der Waals surface area contributed by atoms with E-state index in [9.17, 15) is 0 Å². The number of aryl methyl sites for hydroxylation is 1. The monoisotopic (exact) mass is 217 g/mol. The summed E-state index contributed by atoms with van der Waals surface area (Å²) in [5.74, 6) is 0. The van der Waals surface area contributed by atoms with E-state index < -0.39 is 0 Å². The second kappa shape index (κ2) is 5.85. The standard InChI is InChI=1S/C6H6BrN.CH2O2/c1-5-2-3-6(7)4-8-5;2-1-3/h2-4H,1H3;1H,(H,2,3). The summed E-state index contributed by atoms with van der Waals surface area (Å²) < 4.78 is 1.03. The molecule has 0 bridgehead atoms. The van der Waals surface area contributed by atoms with Crippen LogP contribution in [0.15, 0.2) is 22.8 Å². The van der Waals surface area contributed by atoms with Crippen molar-refractivity contribution in [3.63, 3.8) is 0 Å². The zero-order chi connectivity index (χ0) is 8.69. The number of hydrogen-bond donors (Lipinski definition) is 1. The largest absolute Gasteiger partial charge is 0.483 e. The van der Waals surface area contributed by atoms with Crippen LogP contribution in [0.4, 0.5) is 0 Å².